The topological polar surface area (TPSA) is 76.1 Å². The van der Waals surface area contributed by atoms with Gasteiger partial charge in [0.25, 0.3) is 0 Å². The molecule has 1 atom stereocenters. The van der Waals surface area contributed by atoms with Gasteiger partial charge in [0.05, 0.1) is 6.61 Å². The van der Waals surface area contributed by atoms with E-state index in [-0.39, 0.29) is 19.3 Å². The Bertz CT molecular complexity index is 789. The molecule has 6 heteroatoms. The van der Waals surface area contributed by atoms with Gasteiger partial charge < -0.3 is 14.6 Å². The third-order valence-electron chi connectivity index (χ3n) is 4.74. The van der Waals surface area contributed by atoms with Crippen molar-refractivity contribution in [2.24, 2.45) is 0 Å². The molecule has 2 aromatic rings. The lowest BCUT2D eigenvalue weighted by atomic mass is 9.98. The van der Waals surface area contributed by atoms with Crippen LogP contribution >= 0.6 is 0 Å². The smallest absolute Gasteiger partial charge is 0.413 e. The van der Waals surface area contributed by atoms with E-state index in [1.54, 1.807) is 0 Å². The SMILES string of the molecule is O=C1OCN(C(=O)OCC2c3ccccc3-c3ccccc32)C1CO. The Hall–Kier alpha value is -2.86. The predicted octanol–water partition coefficient (Wildman–Crippen LogP) is 2.11. The number of esters is 1. The zero-order valence-corrected chi connectivity index (χ0v) is 13.4. The number of rotatable bonds is 3. The van der Waals surface area contributed by atoms with E-state index < -0.39 is 24.7 Å². The molecule has 1 unspecified atom stereocenters. The number of aliphatic hydroxyl groups excluding tert-OH is 1. The standard InChI is InChI=1S/C19H17NO5/c21-9-17-18(22)25-11-20(17)19(23)24-10-16-14-7-3-1-5-12(14)13-6-2-4-8-15(13)16/h1-8,16-17,21H,9-11H2. The van der Waals surface area contributed by atoms with E-state index in [0.29, 0.717) is 0 Å². The minimum atomic E-state index is -0.990. The van der Waals surface area contributed by atoms with Crippen molar-refractivity contribution in [3.05, 3.63) is 59.7 Å². The highest BCUT2D eigenvalue weighted by atomic mass is 16.6. The van der Waals surface area contributed by atoms with E-state index in [9.17, 15) is 14.7 Å². The van der Waals surface area contributed by atoms with Crippen LogP contribution in [0.1, 0.15) is 17.0 Å². The van der Waals surface area contributed by atoms with Gasteiger partial charge in [-0.2, -0.15) is 0 Å². The molecule has 128 valence electrons. The maximum atomic E-state index is 12.3. The van der Waals surface area contributed by atoms with Crippen LogP contribution in [0.2, 0.25) is 0 Å². The Kier molecular flexibility index (Phi) is 3.89. The summed E-state index contributed by atoms with van der Waals surface area (Å²) in [7, 11) is 0. The minimum Gasteiger partial charge on any atom is -0.448 e. The first kappa shape index (κ1) is 15.7. The van der Waals surface area contributed by atoms with E-state index in [0.717, 1.165) is 27.2 Å². The number of cyclic esters (lactones) is 1. The second kappa shape index (κ2) is 6.22. The highest BCUT2D eigenvalue weighted by Gasteiger charge is 2.39. The predicted molar refractivity (Wildman–Crippen MR) is 88.7 cm³/mol. The van der Waals surface area contributed by atoms with Gasteiger partial charge in [-0.15, -0.1) is 0 Å². The Morgan fingerprint density at radius 3 is 2.32 bits per heavy atom. The van der Waals surface area contributed by atoms with Crippen molar-refractivity contribution >= 4 is 12.1 Å². The van der Waals surface area contributed by atoms with Crippen LogP contribution in [0.25, 0.3) is 11.1 Å². The summed E-state index contributed by atoms with van der Waals surface area (Å²) in [5.74, 6) is -0.667. The van der Waals surface area contributed by atoms with Gasteiger partial charge in [0.15, 0.2) is 12.8 Å². The number of hydrogen-bond donors (Lipinski definition) is 1. The fourth-order valence-corrected chi connectivity index (χ4v) is 3.48. The van der Waals surface area contributed by atoms with Crippen LogP contribution in [0, 0.1) is 0 Å². The van der Waals surface area contributed by atoms with Crippen LogP contribution in [0.15, 0.2) is 48.5 Å². The van der Waals surface area contributed by atoms with Crippen LogP contribution in [0.4, 0.5) is 4.79 Å². The van der Waals surface area contributed by atoms with Gasteiger partial charge >= 0.3 is 12.1 Å². The van der Waals surface area contributed by atoms with Gasteiger partial charge in [0, 0.05) is 5.92 Å². The summed E-state index contributed by atoms with van der Waals surface area (Å²) in [6.07, 6.45) is -0.660. The molecule has 0 saturated carbocycles. The van der Waals surface area contributed by atoms with E-state index in [4.69, 9.17) is 9.47 Å². The summed E-state index contributed by atoms with van der Waals surface area (Å²) in [6.45, 7) is -0.514. The van der Waals surface area contributed by atoms with Crippen LogP contribution < -0.4 is 0 Å². The van der Waals surface area contributed by atoms with E-state index >= 15 is 0 Å². The molecular weight excluding hydrogens is 322 g/mol. The average molecular weight is 339 g/mol. The second-order valence-electron chi connectivity index (χ2n) is 6.06. The van der Waals surface area contributed by atoms with Crippen molar-refractivity contribution in [2.45, 2.75) is 12.0 Å². The first-order valence-electron chi connectivity index (χ1n) is 8.10. The quantitative estimate of drug-likeness (QED) is 0.867. The highest BCUT2D eigenvalue weighted by molar-refractivity contribution is 5.84. The number of hydrogen-bond acceptors (Lipinski definition) is 5. The molecule has 1 fully saturated rings. The molecule has 0 radical (unpaired) electrons. The second-order valence-corrected chi connectivity index (χ2v) is 6.06. The van der Waals surface area contributed by atoms with Crippen molar-refractivity contribution in [3.63, 3.8) is 0 Å². The van der Waals surface area contributed by atoms with E-state index in [2.05, 4.69) is 12.1 Å². The van der Waals surface area contributed by atoms with E-state index in [1.807, 2.05) is 36.4 Å². The normalized spacial score (nSPS) is 18.7. The maximum Gasteiger partial charge on any atom is 0.413 e. The molecule has 1 heterocycles. The molecular formula is C19H17NO5. The summed E-state index contributed by atoms with van der Waals surface area (Å²) >= 11 is 0. The van der Waals surface area contributed by atoms with Crippen molar-refractivity contribution in [1.29, 1.82) is 0 Å². The zero-order valence-electron chi connectivity index (χ0n) is 13.4. The molecule has 4 rings (SSSR count). The van der Waals surface area contributed by atoms with Gasteiger partial charge in [-0.25, -0.2) is 9.59 Å². The molecule has 1 amide bonds. The molecule has 1 aliphatic heterocycles. The Balaban J connectivity index is 1.54. The molecule has 1 N–H and O–H groups in total. The van der Waals surface area contributed by atoms with Gasteiger partial charge in [-0.05, 0) is 22.3 Å². The number of carbonyl (C=O) groups excluding carboxylic acids is 2. The van der Waals surface area contributed by atoms with Gasteiger partial charge in [0.1, 0.15) is 6.61 Å². The number of amides is 1. The summed E-state index contributed by atoms with van der Waals surface area (Å²) in [5.41, 5.74) is 4.52. The monoisotopic (exact) mass is 339 g/mol. The summed E-state index contributed by atoms with van der Waals surface area (Å²) in [6, 6.07) is 15.1. The van der Waals surface area contributed by atoms with Crippen LogP contribution in [-0.2, 0) is 14.3 Å². The van der Waals surface area contributed by atoms with Gasteiger partial charge in [0.2, 0.25) is 0 Å². The van der Waals surface area contributed by atoms with Gasteiger partial charge in [-0.1, -0.05) is 48.5 Å². The number of ether oxygens (including phenoxy) is 2. The maximum absolute atomic E-state index is 12.3. The third kappa shape index (κ3) is 2.55. The minimum absolute atomic E-state index is 0.0526. The van der Waals surface area contributed by atoms with Crippen molar-refractivity contribution < 1.29 is 24.2 Å². The Morgan fingerprint density at radius 2 is 1.72 bits per heavy atom. The van der Waals surface area contributed by atoms with Crippen LogP contribution in [0.3, 0.4) is 0 Å². The number of fused-ring (bicyclic) bond motifs is 3. The third-order valence-corrected chi connectivity index (χ3v) is 4.74. The van der Waals surface area contributed by atoms with Crippen molar-refractivity contribution in [1.82, 2.24) is 4.90 Å². The van der Waals surface area contributed by atoms with Crippen molar-refractivity contribution in [3.8, 4) is 11.1 Å². The van der Waals surface area contributed by atoms with E-state index in [1.165, 1.54) is 0 Å². The number of aliphatic hydroxyl groups is 1. The molecule has 6 nitrogen and oxygen atoms in total. The molecule has 0 spiro atoms. The fourth-order valence-electron chi connectivity index (χ4n) is 3.48. The molecule has 1 saturated heterocycles. The molecule has 2 aromatic carbocycles. The number of nitrogens with zero attached hydrogens (tertiary/aromatic N) is 1. The molecule has 2 aliphatic rings. The van der Waals surface area contributed by atoms with Crippen LogP contribution in [-0.4, -0.2) is 48.1 Å². The average Bonchev–Trinajstić information content (AvgIpc) is 3.18. The lowest BCUT2D eigenvalue weighted by Crippen LogP contribution is -2.41. The first-order chi connectivity index (χ1) is 12.2. The lowest BCUT2D eigenvalue weighted by molar-refractivity contribution is -0.139. The molecule has 25 heavy (non-hydrogen) atoms. The van der Waals surface area contributed by atoms with Gasteiger partial charge in [-0.3, -0.25) is 4.90 Å². The molecule has 0 bridgehead atoms. The summed E-state index contributed by atoms with van der Waals surface area (Å²) in [4.78, 5) is 24.9. The molecule has 0 aromatic heterocycles. The van der Waals surface area contributed by atoms with Crippen LogP contribution in [0.5, 0.6) is 0 Å². The largest absolute Gasteiger partial charge is 0.448 e. The van der Waals surface area contributed by atoms with Crippen molar-refractivity contribution in [2.75, 3.05) is 19.9 Å². The highest BCUT2D eigenvalue weighted by Crippen LogP contribution is 2.44. The zero-order chi connectivity index (χ0) is 17.4. The number of carbonyl (C=O) groups is 2. The summed E-state index contributed by atoms with van der Waals surface area (Å²) in [5, 5.41) is 9.25. The summed E-state index contributed by atoms with van der Waals surface area (Å²) < 4.78 is 10.2. The Labute approximate surface area is 144 Å². The Morgan fingerprint density at radius 1 is 1.12 bits per heavy atom. The molecule has 1 aliphatic carbocycles. The first-order valence-corrected chi connectivity index (χ1v) is 8.10. The fraction of sp³-hybridized carbons (Fsp3) is 0.263. The number of benzene rings is 2. The lowest BCUT2D eigenvalue weighted by Gasteiger charge is -2.20.